The van der Waals surface area contributed by atoms with Crippen molar-refractivity contribution in [3.63, 3.8) is 0 Å². The minimum atomic E-state index is -1.06. The van der Waals surface area contributed by atoms with Crippen molar-refractivity contribution in [2.24, 2.45) is 0 Å². The van der Waals surface area contributed by atoms with Crippen LogP contribution in [0, 0.1) is 0 Å². The standard InChI is InChI=1S/C25H30N2O6/c1-25(2,3)33-23(29)26-20-14-15-31-22(28)21(20)27(16-18-10-6-4-7-11-18)24(30)32-17-19-12-8-5-9-13-19/h4-13,20-21H,14-17H2,1-3H3,(H,26,29)/t20-,21+/m0/s1. The van der Waals surface area contributed by atoms with Crippen LogP contribution in [0.1, 0.15) is 38.3 Å². The number of nitrogens with zero attached hydrogens (tertiary/aromatic N) is 1. The summed E-state index contributed by atoms with van der Waals surface area (Å²) in [4.78, 5) is 39.7. The maximum atomic E-state index is 13.2. The molecule has 0 bridgehead atoms. The van der Waals surface area contributed by atoms with Gasteiger partial charge in [0.25, 0.3) is 0 Å². The van der Waals surface area contributed by atoms with Gasteiger partial charge in [0.2, 0.25) is 0 Å². The van der Waals surface area contributed by atoms with Gasteiger partial charge in [-0.05, 0) is 31.9 Å². The largest absolute Gasteiger partial charge is 0.464 e. The Morgan fingerprint density at radius 3 is 2.24 bits per heavy atom. The SMILES string of the molecule is CC(C)(C)OC(=O)N[C@H]1CCOC(=O)[C@@H]1N(Cc1ccccc1)C(=O)OCc1ccccc1. The van der Waals surface area contributed by atoms with Crippen LogP contribution in [0.3, 0.4) is 0 Å². The van der Waals surface area contributed by atoms with E-state index in [-0.39, 0.29) is 19.8 Å². The molecule has 3 rings (SSSR count). The van der Waals surface area contributed by atoms with Crippen molar-refractivity contribution in [3.05, 3.63) is 71.8 Å². The third kappa shape index (κ3) is 7.24. The van der Waals surface area contributed by atoms with Gasteiger partial charge in [0.1, 0.15) is 12.2 Å². The summed E-state index contributed by atoms with van der Waals surface area (Å²) in [7, 11) is 0. The Labute approximate surface area is 193 Å². The Kier molecular flexibility index (Phi) is 7.92. The molecule has 1 saturated heterocycles. The summed E-state index contributed by atoms with van der Waals surface area (Å²) in [5.74, 6) is -0.602. The van der Waals surface area contributed by atoms with Gasteiger partial charge in [0, 0.05) is 6.42 Å². The average molecular weight is 455 g/mol. The van der Waals surface area contributed by atoms with Crippen LogP contribution in [0.4, 0.5) is 9.59 Å². The highest BCUT2D eigenvalue weighted by Gasteiger charge is 2.42. The van der Waals surface area contributed by atoms with E-state index in [0.717, 1.165) is 11.1 Å². The molecule has 8 nitrogen and oxygen atoms in total. The zero-order chi connectivity index (χ0) is 23.8. The van der Waals surface area contributed by atoms with Gasteiger partial charge >= 0.3 is 18.2 Å². The molecule has 8 heteroatoms. The molecule has 1 aliphatic rings. The second-order valence-electron chi connectivity index (χ2n) is 8.81. The van der Waals surface area contributed by atoms with Gasteiger partial charge in [-0.1, -0.05) is 60.7 Å². The lowest BCUT2D eigenvalue weighted by atomic mass is 10.0. The van der Waals surface area contributed by atoms with Crippen molar-refractivity contribution in [2.45, 2.75) is 58.0 Å². The predicted molar refractivity (Wildman–Crippen MR) is 121 cm³/mol. The van der Waals surface area contributed by atoms with E-state index in [9.17, 15) is 14.4 Å². The zero-order valence-corrected chi connectivity index (χ0v) is 19.2. The number of rotatable bonds is 6. The number of amides is 2. The normalized spacial score (nSPS) is 18.1. The lowest BCUT2D eigenvalue weighted by molar-refractivity contribution is -0.156. The van der Waals surface area contributed by atoms with Crippen molar-refractivity contribution in [1.29, 1.82) is 0 Å². The maximum Gasteiger partial charge on any atom is 0.411 e. The number of carbonyl (C=O) groups excluding carboxylic acids is 3. The topological polar surface area (TPSA) is 94.2 Å². The molecule has 2 atom stereocenters. The van der Waals surface area contributed by atoms with E-state index in [2.05, 4.69) is 5.32 Å². The second-order valence-corrected chi connectivity index (χ2v) is 8.81. The monoisotopic (exact) mass is 454 g/mol. The summed E-state index contributed by atoms with van der Waals surface area (Å²) in [5, 5.41) is 2.74. The smallest absolute Gasteiger partial charge is 0.411 e. The Hall–Kier alpha value is -3.55. The Bertz CT molecular complexity index is 942. The van der Waals surface area contributed by atoms with Gasteiger partial charge in [-0.15, -0.1) is 0 Å². The molecule has 0 spiro atoms. The van der Waals surface area contributed by atoms with E-state index in [1.165, 1.54) is 4.90 Å². The summed E-state index contributed by atoms with van der Waals surface area (Å²) in [6, 6.07) is 16.8. The minimum absolute atomic E-state index is 0.0525. The molecular weight excluding hydrogens is 424 g/mol. The number of ether oxygens (including phenoxy) is 3. The molecule has 0 unspecified atom stereocenters. The Balaban J connectivity index is 1.82. The van der Waals surface area contributed by atoms with Gasteiger partial charge in [-0.25, -0.2) is 14.4 Å². The molecule has 176 valence electrons. The molecule has 2 amide bonds. The lowest BCUT2D eigenvalue weighted by Crippen LogP contribution is -2.60. The van der Waals surface area contributed by atoms with Crippen LogP contribution in [0.15, 0.2) is 60.7 Å². The number of hydrogen-bond acceptors (Lipinski definition) is 6. The molecule has 33 heavy (non-hydrogen) atoms. The van der Waals surface area contributed by atoms with Crippen LogP contribution < -0.4 is 5.32 Å². The summed E-state index contributed by atoms with van der Waals surface area (Å²) >= 11 is 0. The number of esters is 1. The first-order valence-electron chi connectivity index (χ1n) is 10.9. The van der Waals surface area contributed by atoms with Crippen molar-refractivity contribution in [3.8, 4) is 0 Å². The Morgan fingerprint density at radius 1 is 1.03 bits per heavy atom. The number of carbonyl (C=O) groups is 3. The number of benzene rings is 2. The van der Waals surface area contributed by atoms with E-state index < -0.39 is 35.8 Å². The third-order valence-corrected chi connectivity index (χ3v) is 4.97. The van der Waals surface area contributed by atoms with Crippen LogP contribution in [-0.2, 0) is 32.2 Å². The first-order valence-corrected chi connectivity index (χ1v) is 10.9. The van der Waals surface area contributed by atoms with Gasteiger partial charge < -0.3 is 19.5 Å². The van der Waals surface area contributed by atoms with E-state index in [1.54, 1.807) is 20.8 Å². The molecule has 2 aromatic rings. The van der Waals surface area contributed by atoms with E-state index in [1.807, 2.05) is 60.7 Å². The van der Waals surface area contributed by atoms with Crippen molar-refractivity contribution in [2.75, 3.05) is 6.61 Å². The van der Waals surface area contributed by atoms with Gasteiger partial charge in [-0.2, -0.15) is 0 Å². The average Bonchev–Trinajstić information content (AvgIpc) is 2.76. The van der Waals surface area contributed by atoms with E-state index in [4.69, 9.17) is 14.2 Å². The molecular formula is C25H30N2O6. The molecule has 2 aromatic carbocycles. The summed E-state index contributed by atoms with van der Waals surface area (Å²) in [6.07, 6.45) is -1.00. The van der Waals surface area contributed by atoms with Gasteiger partial charge in [0.05, 0.1) is 19.2 Å². The molecule has 0 aromatic heterocycles. The molecule has 1 heterocycles. The second kappa shape index (κ2) is 10.8. The highest BCUT2D eigenvalue weighted by molar-refractivity contribution is 5.84. The highest BCUT2D eigenvalue weighted by Crippen LogP contribution is 2.21. The molecule has 1 aliphatic heterocycles. The molecule has 1 N–H and O–H groups in total. The number of alkyl carbamates (subject to hydrolysis) is 1. The van der Waals surface area contributed by atoms with Crippen LogP contribution in [0.5, 0.6) is 0 Å². The predicted octanol–water partition coefficient (Wildman–Crippen LogP) is 4.03. The van der Waals surface area contributed by atoms with Crippen molar-refractivity contribution >= 4 is 18.2 Å². The van der Waals surface area contributed by atoms with Crippen molar-refractivity contribution < 1.29 is 28.6 Å². The molecule has 0 radical (unpaired) electrons. The fraction of sp³-hybridized carbons (Fsp3) is 0.400. The number of hydrogen-bond donors (Lipinski definition) is 1. The van der Waals surface area contributed by atoms with Crippen LogP contribution >= 0.6 is 0 Å². The molecule has 0 saturated carbocycles. The zero-order valence-electron chi connectivity index (χ0n) is 19.2. The minimum Gasteiger partial charge on any atom is -0.464 e. The van der Waals surface area contributed by atoms with Crippen LogP contribution in [0.25, 0.3) is 0 Å². The highest BCUT2D eigenvalue weighted by atomic mass is 16.6. The summed E-state index contributed by atoms with van der Waals surface area (Å²) in [5.41, 5.74) is 0.927. The fourth-order valence-electron chi connectivity index (χ4n) is 3.51. The fourth-order valence-corrected chi connectivity index (χ4v) is 3.51. The molecule has 0 aliphatic carbocycles. The van der Waals surface area contributed by atoms with Crippen molar-refractivity contribution in [1.82, 2.24) is 10.2 Å². The Morgan fingerprint density at radius 2 is 1.64 bits per heavy atom. The van der Waals surface area contributed by atoms with Crippen LogP contribution in [-0.4, -0.2) is 47.3 Å². The number of cyclic esters (lactones) is 1. The lowest BCUT2D eigenvalue weighted by Gasteiger charge is -2.38. The first-order chi connectivity index (χ1) is 15.7. The number of nitrogens with one attached hydrogen (secondary N) is 1. The molecule has 1 fully saturated rings. The quantitative estimate of drug-likeness (QED) is 0.523. The van der Waals surface area contributed by atoms with E-state index >= 15 is 0 Å². The maximum absolute atomic E-state index is 13.2. The summed E-state index contributed by atoms with van der Waals surface area (Å²) in [6.45, 7) is 5.55. The third-order valence-electron chi connectivity index (χ3n) is 4.97. The van der Waals surface area contributed by atoms with Gasteiger partial charge in [0.15, 0.2) is 6.04 Å². The summed E-state index contributed by atoms with van der Waals surface area (Å²) < 4.78 is 16.1. The van der Waals surface area contributed by atoms with Gasteiger partial charge in [-0.3, -0.25) is 4.90 Å². The van der Waals surface area contributed by atoms with Crippen LogP contribution in [0.2, 0.25) is 0 Å². The first kappa shape index (κ1) is 24.1. The van der Waals surface area contributed by atoms with E-state index in [0.29, 0.717) is 6.42 Å².